The van der Waals surface area contributed by atoms with Crippen molar-refractivity contribution < 1.29 is 14.6 Å². The number of ether oxygens (including phenoxy) is 1. The van der Waals surface area contributed by atoms with Gasteiger partial charge in [-0.2, -0.15) is 5.26 Å². The Morgan fingerprint density at radius 3 is 2.41 bits per heavy atom. The summed E-state index contributed by atoms with van der Waals surface area (Å²) in [4.78, 5) is 14.8. The molecule has 0 spiro atoms. The van der Waals surface area contributed by atoms with Gasteiger partial charge in [0.2, 0.25) is 5.91 Å². The highest BCUT2D eigenvalue weighted by atomic mass is 16.5. The molecular weight excluding hydrogens is 426 g/mol. The lowest BCUT2D eigenvalue weighted by Crippen LogP contribution is -2.36. The normalized spacial score (nSPS) is 14.0. The second-order valence-corrected chi connectivity index (χ2v) is 8.79. The maximum absolute atomic E-state index is 12.5. The highest BCUT2D eigenvalue weighted by Gasteiger charge is 2.18. The van der Waals surface area contributed by atoms with Crippen LogP contribution in [0.2, 0.25) is 0 Å². The van der Waals surface area contributed by atoms with E-state index in [1.807, 2.05) is 38.1 Å². The maximum atomic E-state index is 12.5. The van der Waals surface area contributed by atoms with Crippen LogP contribution in [0.15, 0.2) is 58.9 Å². The van der Waals surface area contributed by atoms with Gasteiger partial charge in [0.05, 0.1) is 32.3 Å². The molecule has 6 nitrogen and oxygen atoms in total. The van der Waals surface area contributed by atoms with Gasteiger partial charge in [-0.15, -0.1) is 0 Å². The summed E-state index contributed by atoms with van der Waals surface area (Å²) in [6.07, 6.45) is 13.1. The quantitative estimate of drug-likeness (QED) is 0.187. The number of hydrogen-bond donors (Lipinski definition) is 2. The summed E-state index contributed by atoms with van der Waals surface area (Å²) in [6, 6.07) is 1.94. The number of amides is 1. The second-order valence-electron chi connectivity index (χ2n) is 8.79. The zero-order valence-corrected chi connectivity index (χ0v) is 22.3. The summed E-state index contributed by atoms with van der Waals surface area (Å²) in [7, 11) is 1.50. The average Bonchev–Trinajstić information content (AvgIpc) is 2.80. The van der Waals surface area contributed by atoms with E-state index in [9.17, 15) is 9.90 Å². The Kier molecular flexibility index (Phi) is 16.4. The number of nitrogens with zero attached hydrogens (tertiary/aromatic N) is 2. The standard InChI is InChI=1S/C28H45N3O3/c1-8-12-23(19-26(34-7)13-15-29)20-27(33)30-16-18-31(11-4)17-14-28(5,6)21-24(9-2)25(10-3)22-32/h8,10,12-13,19,21,32H,9,11,14,16-18,20,22H2,1-7H3,(H,30,33)/b12-8-,23-19+,24-21-,25-10-,26-13-. The van der Waals surface area contributed by atoms with E-state index in [2.05, 4.69) is 44.0 Å². The van der Waals surface area contributed by atoms with E-state index in [1.54, 1.807) is 6.08 Å². The van der Waals surface area contributed by atoms with Gasteiger partial charge in [-0.3, -0.25) is 4.79 Å². The van der Waals surface area contributed by atoms with Crippen LogP contribution in [0.1, 0.15) is 60.8 Å². The van der Waals surface area contributed by atoms with Gasteiger partial charge in [-0.05, 0) is 68.0 Å². The molecule has 34 heavy (non-hydrogen) atoms. The molecule has 1 amide bonds. The molecule has 190 valence electrons. The number of methoxy groups -OCH3 is 1. The molecule has 0 heterocycles. The van der Waals surface area contributed by atoms with E-state index in [0.29, 0.717) is 12.3 Å². The van der Waals surface area contributed by atoms with Gasteiger partial charge in [0.1, 0.15) is 5.76 Å². The van der Waals surface area contributed by atoms with Gasteiger partial charge < -0.3 is 20.1 Å². The molecule has 0 aliphatic rings. The molecule has 0 aromatic rings. The van der Waals surface area contributed by atoms with Crippen molar-refractivity contribution in [2.24, 2.45) is 5.41 Å². The second kappa shape index (κ2) is 17.8. The molecule has 0 bridgehead atoms. The van der Waals surface area contributed by atoms with Crippen LogP contribution in [0.5, 0.6) is 0 Å². The Bertz CT molecular complexity index is 811. The molecular formula is C28H45N3O3. The Morgan fingerprint density at radius 1 is 1.21 bits per heavy atom. The molecule has 0 aliphatic carbocycles. The third-order valence-corrected chi connectivity index (χ3v) is 5.66. The SMILES string of the molecule is C\C=C/C(=C\C(=C\C#N)OC)CC(=O)NCCN(CC)CCC(C)(C)/C=C(CC)\C(=C/C)CO. The number of aliphatic hydroxyl groups excluding tert-OH is 1. The third-order valence-electron chi connectivity index (χ3n) is 5.66. The molecule has 0 atom stereocenters. The minimum atomic E-state index is -0.0634. The zero-order chi connectivity index (χ0) is 26.0. The number of allylic oxidation sites excluding steroid dienone is 6. The Labute approximate surface area is 207 Å². The monoisotopic (exact) mass is 471 g/mol. The summed E-state index contributed by atoms with van der Waals surface area (Å²) >= 11 is 0. The number of carbonyl (C=O) groups is 1. The summed E-state index contributed by atoms with van der Waals surface area (Å²) in [5, 5.41) is 21.4. The Hall–Kier alpha value is -2.62. The number of aliphatic hydroxyl groups is 1. The number of carbonyl (C=O) groups excluding carboxylic acids is 1. The molecule has 0 saturated carbocycles. The van der Waals surface area contributed by atoms with Crippen molar-refractivity contribution in [2.75, 3.05) is 39.9 Å². The molecule has 0 radical (unpaired) electrons. The van der Waals surface area contributed by atoms with Crippen molar-refractivity contribution in [3.05, 3.63) is 58.9 Å². The van der Waals surface area contributed by atoms with Crippen molar-refractivity contribution in [1.82, 2.24) is 10.2 Å². The van der Waals surface area contributed by atoms with Crippen LogP contribution in [-0.2, 0) is 9.53 Å². The van der Waals surface area contributed by atoms with Crippen LogP contribution in [0.25, 0.3) is 0 Å². The van der Waals surface area contributed by atoms with E-state index >= 15 is 0 Å². The topological polar surface area (TPSA) is 85.6 Å². The minimum absolute atomic E-state index is 0.00756. The van der Waals surface area contributed by atoms with Crippen LogP contribution < -0.4 is 5.32 Å². The van der Waals surface area contributed by atoms with E-state index in [0.717, 1.165) is 43.6 Å². The van der Waals surface area contributed by atoms with Crippen molar-refractivity contribution >= 4 is 5.91 Å². The Balaban J connectivity index is 4.88. The summed E-state index contributed by atoms with van der Waals surface area (Å²) < 4.78 is 5.16. The lowest BCUT2D eigenvalue weighted by Gasteiger charge is -2.28. The minimum Gasteiger partial charge on any atom is -0.496 e. The molecule has 0 aromatic carbocycles. The fourth-order valence-electron chi connectivity index (χ4n) is 3.60. The molecule has 0 aliphatic heterocycles. The van der Waals surface area contributed by atoms with Crippen molar-refractivity contribution in [3.8, 4) is 6.07 Å². The van der Waals surface area contributed by atoms with Crippen molar-refractivity contribution in [1.29, 1.82) is 5.26 Å². The fourth-order valence-corrected chi connectivity index (χ4v) is 3.60. The summed E-state index contributed by atoms with van der Waals surface area (Å²) in [6.45, 7) is 15.8. The summed E-state index contributed by atoms with van der Waals surface area (Å²) in [5.41, 5.74) is 2.99. The first kappa shape index (κ1) is 31.4. The average molecular weight is 472 g/mol. The van der Waals surface area contributed by atoms with E-state index in [1.165, 1.54) is 18.8 Å². The number of nitriles is 1. The number of likely N-dealkylation sites (N-methyl/N-ethyl adjacent to an activating group) is 1. The van der Waals surface area contributed by atoms with Crippen LogP contribution in [-0.4, -0.2) is 55.8 Å². The van der Waals surface area contributed by atoms with Crippen molar-refractivity contribution in [3.63, 3.8) is 0 Å². The number of nitrogens with one attached hydrogen (secondary N) is 1. The highest BCUT2D eigenvalue weighted by Crippen LogP contribution is 2.28. The Morgan fingerprint density at radius 2 is 1.91 bits per heavy atom. The van der Waals surface area contributed by atoms with Crippen LogP contribution >= 0.6 is 0 Å². The van der Waals surface area contributed by atoms with Gasteiger partial charge >= 0.3 is 0 Å². The third kappa shape index (κ3) is 13.2. The number of rotatable bonds is 16. The lowest BCUT2D eigenvalue weighted by molar-refractivity contribution is -0.120. The highest BCUT2D eigenvalue weighted by molar-refractivity contribution is 5.79. The molecule has 0 rings (SSSR count). The fraction of sp³-hybridized carbons (Fsp3) is 0.571. The zero-order valence-electron chi connectivity index (χ0n) is 22.3. The molecule has 0 aromatic heterocycles. The first-order valence-corrected chi connectivity index (χ1v) is 12.1. The van der Waals surface area contributed by atoms with E-state index < -0.39 is 0 Å². The molecule has 0 fully saturated rings. The number of hydrogen-bond acceptors (Lipinski definition) is 5. The smallest absolute Gasteiger partial charge is 0.224 e. The first-order valence-electron chi connectivity index (χ1n) is 12.1. The van der Waals surface area contributed by atoms with Crippen LogP contribution in [0.3, 0.4) is 0 Å². The molecule has 2 N–H and O–H groups in total. The largest absolute Gasteiger partial charge is 0.496 e. The van der Waals surface area contributed by atoms with Gasteiger partial charge in [-0.25, -0.2) is 0 Å². The van der Waals surface area contributed by atoms with E-state index in [-0.39, 0.29) is 24.3 Å². The molecule has 0 saturated heterocycles. The predicted octanol–water partition coefficient (Wildman–Crippen LogP) is 5.06. The first-order chi connectivity index (χ1) is 16.2. The maximum Gasteiger partial charge on any atom is 0.224 e. The van der Waals surface area contributed by atoms with E-state index in [4.69, 9.17) is 10.00 Å². The lowest BCUT2D eigenvalue weighted by atomic mass is 9.84. The van der Waals surface area contributed by atoms with Crippen molar-refractivity contribution in [2.45, 2.75) is 60.8 Å². The van der Waals surface area contributed by atoms with Gasteiger partial charge in [0.25, 0.3) is 0 Å². The van der Waals surface area contributed by atoms with Crippen LogP contribution in [0, 0.1) is 16.7 Å². The van der Waals surface area contributed by atoms with Gasteiger partial charge in [0, 0.05) is 13.1 Å². The van der Waals surface area contributed by atoms with Gasteiger partial charge in [0.15, 0.2) is 0 Å². The molecule has 0 unspecified atom stereocenters. The van der Waals surface area contributed by atoms with Crippen LogP contribution in [0.4, 0.5) is 0 Å². The molecule has 6 heteroatoms. The predicted molar refractivity (Wildman–Crippen MR) is 141 cm³/mol. The van der Waals surface area contributed by atoms with Gasteiger partial charge in [-0.1, -0.05) is 52.0 Å². The summed E-state index contributed by atoms with van der Waals surface area (Å²) in [5.74, 6) is 0.357.